The van der Waals surface area contributed by atoms with Crippen LogP contribution in [0.4, 0.5) is 4.79 Å². The van der Waals surface area contributed by atoms with Crippen LogP contribution in [0.3, 0.4) is 0 Å². The van der Waals surface area contributed by atoms with E-state index in [4.69, 9.17) is 5.73 Å². The molecule has 0 aliphatic carbocycles. The number of rotatable bonds is 5. The van der Waals surface area contributed by atoms with Gasteiger partial charge >= 0.3 is 11.7 Å². The molecule has 8 heteroatoms. The Morgan fingerprint density at radius 3 is 2.61 bits per heavy atom. The number of amides is 2. The van der Waals surface area contributed by atoms with Gasteiger partial charge in [-0.3, -0.25) is 9.36 Å². The van der Waals surface area contributed by atoms with Crippen molar-refractivity contribution in [3.8, 4) is 0 Å². The number of nitrogens with one attached hydrogen (secondary N) is 2. The normalized spacial score (nSPS) is 10.3. The van der Waals surface area contributed by atoms with E-state index in [0.717, 1.165) is 4.57 Å². The van der Waals surface area contributed by atoms with E-state index < -0.39 is 6.03 Å². The van der Waals surface area contributed by atoms with Crippen LogP contribution in [0.25, 0.3) is 0 Å². The van der Waals surface area contributed by atoms with Gasteiger partial charge in [0.25, 0.3) is 5.56 Å². The summed E-state index contributed by atoms with van der Waals surface area (Å²) in [4.78, 5) is 33.6. The highest BCUT2D eigenvalue weighted by Crippen LogP contribution is 1.86. The summed E-state index contributed by atoms with van der Waals surface area (Å²) < 4.78 is 2.40. The minimum Gasteiger partial charge on any atom is -0.352 e. The first-order valence-electron chi connectivity index (χ1n) is 5.43. The number of primary amides is 1. The third-order valence-electron chi connectivity index (χ3n) is 2.43. The Bertz CT molecular complexity index is 545. The number of carbonyl (C=O) groups excluding carboxylic acids is 1. The molecule has 0 bridgehead atoms. The monoisotopic (exact) mass is 255 g/mol. The van der Waals surface area contributed by atoms with Crippen molar-refractivity contribution in [2.75, 3.05) is 13.1 Å². The summed E-state index contributed by atoms with van der Waals surface area (Å²) in [5, 5.41) is 5.39. The Kier molecular flexibility index (Phi) is 4.67. The van der Waals surface area contributed by atoms with E-state index in [1.165, 1.54) is 17.8 Å². The second kappa shape index (κ2) is 6.01. The predicted octanol–water partition coefficient (Wildman–Crippen LogP) is -2.16. The minimum absolute atomic E-state index is 0.321. The van der Waals surface area contributed by atoms with Crippen molar-refractivity contribution in [2.45, 2.75) is 6.54 Å². The summed E-state index contributed by atoms with van der Waals surface area (Å²) in [6, 6.07) is -0.588. The van der Waals surface area contributed by atoms with Crippen LogP contribution in [0.2, 0.25) is 0 Å². The summed E-state index contributed by atoms with van der Waals surface area (Å²) in [6.07, 6.45) is 1.50. The molecule has 0 spiro atoms. The van der Waals surface area contributed by atoms with Gasteiger partial charge < -0.3 is 20.9 Å². The number of hydrogen-bond acceptors (Lipinski definition) is 4. The molecular formula is C10H17N5O3. The van der Waals surface area contributed by atoms with Gasteiger partial charge in [-0.15, -0.1) is 0 Å². The van der Waals surface area contributed by atoms with Gasteiger partial charge in [-0.25, -0.2) is 9.59 Å². The third kappa shape index (κ3) is 3.45. The topological polar surface area (TPSA) is 111 Å². The Morgan fingerprint density at radius 1 is 1.33 bits per heavy atom. The maximum absolute atomic E-state index is 11.7. The van der Waals surface area contributed by atoms with E-state index in [-0.39, 0.29) is 11.2 Å². The number of urea groups is 1. The maximum atomic E-state index is 11.7. The molecule has 0 unspecified atom stereocenters. The molecule has 0 fully saturated rings. The second-order valence-corrected chi connectivity index (χ2v) is 3.88. The smallest absolute Gasteiger partial charge is 0.330 e. The van der Waals surface area contributed by atoms with Crippen molar-refractivity contribution in [3.63, 3.8) is 0 Å². The highest BCUT2D eigenvalue weighted by atomic mass is 16.2. The highest BCUT2D eigenvalue weighted by molar-refractivity contribution is 5.71. The molecule has 1 rings (SSSR count). The Hall–Kier alpha value is -2.09. The lowest BCUT2D eigenvalue weighted by Crippen LogP contribution is -2.40. The zero-order chi connectivity index (χ0) is 13.7. The van der Waals surface area contributed by atoms with Gasteiger partial charge in [-0.2, -0.15) is 0 Å². The first-order chi connectivity index (χ1) is 8.43. The van der Waals surface area contributed by atoms with Crippen LogP contribution in [0.1, 0.15) is 5.56 Å². The molecule has 0 aliphatic rings. The molecule has 18 heavy (non-hydrogen) atoms. The molecule has 8 nitrogen and oxygen atoms in total. The van der Waals surface area contributed by atoms with E-state index >= 15 is 0 Å². The van der Waals surface area contributed by atoms with Crippen LogP contribution in [0.15, 0.2) is 15.8 Å². The second-order valence-electron chi connectivity index (χ2n) is 3.88. The summed E-state index contributed by atoms with van der Waals surface area (Å²) >= 11 is 0. The molecule has 1 aromatic rings. The van der Waals surface area contributed by atoms with Crippen LogP contribution in [0.5, 0.6) is 0 Å². The lowest BCUT2D eigenvalue weighted by Gasteiger charge is -2.08. The van der Waals surface area contributed by atoms with Gasteiger partial charge in [0.05, 0.1) is 0 Å². The zero-order valence-electron chi connectivity index (χ0n) is 10.4. The number of aromatic nitrogens is 2. The first-order valence-corrected chi connectivity index (χ1v) is 5.43. The first kappa shape index (κ1) is 14.0. The van der Waals surface area contributed by atoms with Crippen molar-refractivity contribution in [3.05, 3.63) is 32.6 Å². The van der Waals surface area contributed by atoms with Gasteiger partial charge in [-0.05, 0) is 0 Å². The number of nitrogens with two attached hydrogens (primary N) is 1. The third-order valence-corrected chi connectivity index (χ3v) is 2.43. The highest BCUT2D eigenvalue weighted by Gasteiger charge is 2.05. The standard InChI is InChI=1S/C10H17N5O3/c1-14-6-7(8(16)15(2)10(14)18)5-12-3-4-13-9(11)17/h6,12H,3-5H2,1-2H3,(H3,11,13,17). The Labute approximate surface area is 103 Å². The fourth-order valence-electron chi connectivity index (χ4n) is 1.50. The van der Waals surface area contributed by atoms with Crippen LogP contribution in [-0.2, 0) is 20.6 Å². The van der Waals surface area contributed by atoms with Crippen LogP contribution in [-0.4, -0.2) is 28.3 Å². The number of hydrogen-bond donors (Lipinski definition) is 3. The molecule has 4 N–H and O–H groups in total. The average molecular weight is 255 g/mol. The van der Waals surface area contributed by atoms with Crippen LogP contribution >= 0.6 is 0 Å². The predicted molar refractivity (Wildman–Crippen MR) is 66.2 cm³/mol. The van der Waals surface area contributed by atoms with E-state index in [9.17, 15) is 14.4 Å². The lowest BCUT2D eigenvalue weighted by atomic mass is 10.3. The van der Waals surface area contributed by atoms with Gasteiger partial charge in [0.1, 0.15) is 0 Å². The fraction of sp³-hybridized carbons (Fsp3) is 0.500. The lowest BCUT2D eigenvalue weighted by molar-refractivity contribution is 0.249. The van der Waals surface area contributed by atoms with Gasteiger partial charge in [-0.1, -0.05) is 0 Å². The molecule has 0 atom stereocenters. The summed E-state index contributed by atoms with van der Waals surface area (Å²) in [5.74, 6) is 0. The molecule has 0 saturated heterocycles. The average Bonchev–Trinajstić information content (AvgIpc) is 2.32. The van der Waals surface area contributed by atoms with Crippen molar-refractivity contribution in [1.29, 1.82) is 0 Å². The number of aryl methyl sites for hydroxylation is 1. The number of nitrogens with zero attached hydrogens (tertiary/aromatic N) is 2. The molecular weight excluding hydrogens is 238 g/mol. The van der Waals surface area contributed by atoms with Crippen molar-refractivity contribution in [2.24, 2.45) is 19.8 Å². The van der Waals surface area contributed by atoms with Crippen LogP contribution < -0.4 is 27.6 Å². The summed E-state index contributed by atoms with van der Waals surface area (Å²) in [7, 11) is 3.02. The van der Waals surface area contributed by atoms with Crippen LogP contribution in [0, 0.1) is 0 Å². The minimum atomic E-state index is -0.588. The Morgan fingerprint density at radius 2 is 2.00 bits per heavy atom. The molecule has 1 aromatic heterocycles. The van der Waals surface area contributed by atoms with E-state index in [1.807, 2.05) is 0 Å². The molecule has 0 aromatic carbocycles. The molecule has 100 valence electrons. The van der Waals surface area contributed by atoms with Crippen molar-refractivity contribution >= 4 is 6.03 Å². The van der Waals surface area contributed by atoms with Gasteiger partial charge in [0.15, 0.2) is 0 Å². The van der Waals surface area contributed by atoms with E-state index in [1.54, 1.807) is 7.05 Å². The van der Waals surface area contributed by atoms with Crippen molar-refractivity contribution < 1.29 is 4.79 Å². The Balaban J connectivity index is 2.61. The molecule has 2 amide bonds. The van der Waals surface area contributed by atoms with E-state index in [2.05, 4.69) is 10.6 Å². The fourth-order valence-corrected chi connectivity index (χ4v) is 1.50. The van der Waals surface area contributed by atoms with Gasteiger partial charge in [0.2, 0.25) is 0 Å². The van der Waals surface area contributed by atoms with Crippen molar-refractivity contribution in [1.82, 2.24) is 19.8 Å². The van der Waals surface area contributed by atoms with Gasteiger partial charge in [0, 0.05) is 45.5 Å². The summed E-state index contributed by atoms with van der Waals surface area (Å²) in [5.41, 5.74) is 4.69. The number of carbonyl (C=O) groups is 1. The maximum Gasteiger partial charge on any atom is 0.330 e. The zero-order valence-corrected chi connectivity index (χ0v) is 10.4. The molecule has 0 saturated carbocycles. The SMILES string of the molecule is Cn1cc(CNCCNC(N)=O)c(=O)n(C)c1=O. The molecule has 0 aliphatic heterocycles. The quantitative estimate of drug-likeness (QED) is 0.520. The molecule has 0 radical (unpaired) electrons. The largest absolute Gasteiger partial charge is 0.352 e. The summed E-state index contributed by atoms with van der Waals surface area (Å²) in [6.45, 7) is 1.18. The van der Waals surface area contributed by atoms with E-state index in [0.29, 0.717) is 25.2 Å². The molecule has 1 heterocycles.